The monoisotopic (exact) mass is 562 g/mol. The zero-order valence-corrected chi connectivity index (χ0v) is 24.3. The molecule has 7 aromatic rings. The van der Waals surface area contributed by atoms with Crippen LogP contribution in [0.3, 0.4) is 0 Å². The Bertz CT molecular complexity index is 2220. The molecule has 2 nitrogen and oxygen atoms in total. The number of nitrogens with zero attached hydrogens (tertiary/aromatic N) is 2. The Labute approximate surface area is 257 Å². The maximum Gasteiger partial charge on any atom is 0.0545 e. The minimum absolute atomic E-state index is 0.312. The van der Waals surface area contributed by atoms with Crippen molar-refractivity contribution in [3.8, 4) is 27.9 Å². The molecule has 1 aliphatic carbocycles. The van der Waals surface area contributed by atoms with Crippen LogP contribution in [0.2, 0.25) is 0 Å². The van der Waals surface area contributed by atoms with Crippen LogP contribution in [0.1, 0.15) is 17.9 Å². The van der Waals surface area contributed by atoms with Crippen LogP contribution >= 0.6 is 0 Å². The predicted molar refractivity (Wildman–Crippen MR) is 185 cm³/mol. The van der Waals surface area contributed by atoms with Crippen molar-refractivity contribution in [2.75, 3.05) is 4.90 Å². The van der Waals surface area contributed by atoms with E-state index in [-0.39, 0.29) is 0 Å². The van der Waals surface area contributed by atoms with Crippen LogP contribution in [0.4, 0.5) is 11.4 Å². The van der Waals surface area contributed by atoms with Gasteiger partial charge in [0.2, 0.25) is 0 Å². The molecule has 44 heavy (non-hydrogen) atoms. The molecule has 1 aromatic heterocycles. The van der Waals surface area contributed by atoms with Crippen molar-refractivity contribution in [1.82, 2.24) is 4.57 Å². The standard InChI is InChI=1S/C42H30N2/c1-3-11-29(12-4-1)31-19-23-33(24-20-31)43-37-17-9-7-15-35(37)41-39(43)27-28-40-42(41)36-16-8-10-18-38(36)44(40)34-25-21-32(22-26-34)30-13-5-2-6-14-30/h1-15,17-28,36H,16H2. The van der Waals surface area contributed by atoms with E-state index in [1.54, 1.807) is 0 Å². The van der Waals surface area contributed by atoms with Gasteiger partial charge in [0.25, 0.3) is 0 Å². The Morgan fingerprint density at radius 1 is 0.500 bits per heavy atom. The molecule has 208 valence electrons. The summed E-state index contributed by atoms with van der Waals surface area (Å²) in [6, 6.07) is 52.8. The average molecular weight is 563 g/mol. The first kappa shape index (κ1) is 24.9. The van der Waals surface area contributed by atoms with E-state index < -0.39 is 0 Å². The van der Waals surface area contributed by atoms with Crippen LogP contribution in [0.25, 0.3) is 49.7 Å². The highest BCUT2D eigenvalue weighted by Crippen LogP contribution is 2.54. The molecular formula is C42H30N2. The molecule has 0 bridgehead atoms. The van der Waals surface area contributed by atoms with Gasteiger partial charge in [0.15, 0.2) is 0 Å². The van der Waals surface area contributed by atoms with E-state index in [2.05, 4.69) is 173 Å². The Morgan fingerprint density at radius 2 is 1.09 bits per heavy atom. The summed E-state index contributed by atoms with van der Waals surface area (Å²) >= 11 is 0. The summed E-state index contributed by atoms with van der Waals surface area (Å²) in [7, 11) is 0. The van der Waals surface area contributed by atoms with Gasteiger partial charge in [-0.1, -0.05) is 115 Å². The summed E-state index contributed by atoms with van der Waals surface area (Å²) in [6.45, 7) is 0. The van der Waals surface area contributed by atoms with Crippen LogP contribution in [0.5, 0.6) is 0 Å². The number of fused-ring (bicyclic) bond motifs is 7. The first-order valence-electron chi connectivity index (χ1n) is 15.4. The van der Waals surface area contributed by atoms with Crippen molar-refractivity contribution < 1.29 is 0 Å². The van der Waals surface area contributed by atoms with Crippen LogP contribution in [-0.2, 0) is 0 Å². The van der Waals surface area contributed by atoms with Gasteiger partial charge in [-0.05, 0) is 82.8 Å². The maximum atomic E-state index is 2.48. The van der Waals surface area contributed by atoms with Crippen LogP contribution in [0.15, 0.2) is 170 Å². The molecule has 2 heteroatoms. The molecule has 2 aliphatic rings. The molecular weight excluding hydrogens is 532 g/mol. The van der Waals surface area contributed by atoms with E-state index in [0.717, 1.165) is 6.42 Å². The van der Waals surface area contributed by atoms with E-state index in [9.17, 15) is 0 Å². The number of allylic oxidation sites excluding steroid dienone is 4. The van der Waals surface area contributed by atoms with Gasteiger partial charge in [-0.2, -0.15) is 0 Å². The first-order chi connectivity index (χ1) is 21.8. The largest absolute Gasteiger partial charge is 0.313 e. The molecule has 1 atom stereocenters. The average Bonchev–Trinajstić information content (AvgIpc) is 3.62. The van der Waals surface area contributed by atoms with Crippen LogP contribution in [0, 0.1) is 0 Å². The number of rotatable bonds is 4. The molecule has 1 unspecified atom stereocenters. The molecule has 0 radical (unpaired) electrons. The Morgan fingerprint density at radius 3 is 1.77 bits per heavy atom. The van der Waals surface area contributed by atoms with E-state index >= 15 is 0 Å². The summed E-state index contributed by atoms with van der Waals surface area (Å²) < 4.78 is 2.44. The normalized spacial score (nSPS) is 15.4. The fraction of sp³-hybridized carbons (Fsp3) is 0.0476. The van der Waals surface area contributed by atoms with Crippen molar-refractivity contribution in [2.24, 2.45) is 0 Å². The molecule has 9 rings (SSSR count). The number of hydrogen-bond acceptors (Lipinski definition) is 1. The van der Waals surface area contributed by atoms with Crippen molar-refractivity contribution in [3.63, 3.8) is 0 Å². The lowest BCUT2D eigenvalue weighted by atomic mass is 9.89. The van der Waals surface area contributed by atoms with Crippen molar-refractivity contribution in [1.29, 1.82) is 0 Å². The lowest BCUT2D eigenvalue weighted by molar-refractivity contribution is 0.825. The molecule has 0 N–H and O–H groups in total. The fourth-order valence-electron chi connectivity index (χ4n) is 7.31. The predicted octanol–water partition coefficient (Wildman–Crippen LogP) is 11.2. The second-order valence-corrected chi connectivity index (χ2v) is 11.7. The highest BCUT2D eigenvalue weighted by atomic mass is 15.2. The van der Waals surface area contributed by atoms with E-state index in [0.29, 0.717) is 5.92 Å². The Hall–Kier alpha value is -5.60. The molecule has 1 aliphatic heterocycles. The fourth-order valence-corrected chi connectivity index (χ4v) is 7.31. The third kappa shape index (κ3) is 3.81. The number of aromatic nitrogens is 1. The van der Waals surface area contributed by atoms with E-state index in [4.69, 9.17) is 0 Å². The Balaban J connectivity index is 1.22. The summed E-state index contributed by atoms with van der Waals surface area (Å²) in [5.41, 5.74) is 13.9. The summed E-state index contributed by atoms with van der Waals surface area (Å²) in [6.07, 6.45) is 7.85. The number of benzene rings is 6. The minimum Gasteiger partial charge on any atom is -0.313 e. The van der Waals surface area contributed by atoms with Crippen LogP contribution in [-0.4, -0.2) is 4.57 Å². The summed E-state index contributed by atoms with van der Waals surface area (Å²) in [4.78, 5) is 2.48. The topological polar surface area (TPSA) is 8.17 Å². The SMILES string of the molecule is C1=CCC2C(=C1)N(c1ccc(-c3ccccc3)cc1)c1ccc3c(c12)c1ccccc1n3-c1ccc(-c2ccccc2)cc1. The van der Waals surface area contributed by atoms with E-state index in [1.165, 1.54) is 72.4 Å². The van der Waals surface area contributed by atoms with Gasteiger partial charge in [-0.25, -0.2) is 0 Å². The molecule has 0 saturated heterocycles. The first-order valence-corrected chi connectivity index (χ1v) is 15.4. The maximum absolute atomic E-state index is 2.48. The number of anilines is 2. The lowest BCUT2D eigenvalue weighted by Crippen LogP contribution is -2.14. The van der Waals surface area contributed by atoms with Gasteiger partial charge in [-0.15, -0.1) is 0 Å². The van der Waals surface area contributed by atoms with Gasteiger partial charge in [0, 0.05) is 33.8 Å². The van der Waals surface area contributed by atoms with Crippen LogP contribution < -0.4 is 4.90 Å². The second kappa shape index (κ2) is 10.00. The lowest BCUT2D eigenvalue weighted by Gasteiger charge is -2.24. The molecule has 0 saturated carbocycles. The Kier molecular flexibility index (Phi) is 5.67. The molecule has 0 amide bonds. The molecule has 0 fully saturated rings. The zero-order valence-electron chi connectivity index (χ0n) is 24.3. The zero-order chi connectivity index (χ0) is 29.0. The van der Waals surface area contributed by atoms with E-state index in [1.807, 2.05) is 0 Å². The third-order valence-electron chi connectivity index (χ3n) is 9.30. The summed E-state index contributed by atoms with van der Waals surface area (Å²) in [5, 5.41) is 2.67. The van der Waals surface area contributed by atoms with Gasteiger partial charge in [0.05, 0.1) is 16.7 Å². The molecule has 6 aromatic carbocycles. The smallest absolute Gasteiger partial charge is 0.0545 e. The summed E-state index contributed by atoms with van der Waals surface area (Å²) in [5.74, 6) is 0.312. The second-order valence-electron chi connectivity index (χ2n) is 11.7. The minimum atomic E-state index is 0.312. The number of para-hydroxylation sites is 1. The van der Waals surface area contributed by atoms with Gasteiger partial charge in [-0.3, -0.25) is 0 Å². The van der Waals surface area contributed by atoms with Crippen molar-refractivity contribution in [2.45, 2.75) is 12.3 Å². The third-order valence-corrected chi connectivity index (χ3v) is 9.30. The molecule has 2 heterocycles. The van der Waals surface area contributed by atoms with Crippen molar-refractivity contribution in [3.05, 3.63) is 175 Å². The van der Waals surface area contributed by atoms with Gasteiger partial charge in [0.1, 0.15) is 0 Å². The highest BCUT2D eigenvalue weighted by Gasteiger charge is 2.37. The van der Waals surface area contributed by atoms with Gasteiger partial charge < -0.3 is 9.47 Å². The van der Waals surface area contributed by atoms with Gasteiger partial charge >= 0.3 is 0 Å². The quantitative estimate of drug-likeness (QED) is 0.207. The molecule has 0 spiro atoms. The number of hydrogen-bond donors (Lipinski definition) is 0. The highest BCUT2D eigenvalue weighted by molar-refractivity contribution is 6.14. The van der Waals surface area contributed by atoms with Crippen molar-refractivity contribution >= 4 is 33.2 Å².